The van der Waals surface area contributed by atoms with Crippen LogP contribution in [-0.2, 0) is 6.54 Å². The summed E-state index contributed by atoms with van der Waals surface area (Å²) in [6.07, 6.45) is 1.52. The Bertz CT molecular complexity index is 880. The molecule has 0 bridgehead atoms. The van der Waals surface area contributed by atoms with E-state index in [0.29, 0.717) is 18.1 Å². The monoisotopic (exact) mass is 351 g/mol. The smallest absolute Gasteiger partial charge is 0.258 e. The minimum atomic E-state index is -0.560. The van der Waals surface area contributed by atoms with Crippen molar-refractivity contribution in [2.45, 2.75) is 6.54 Å². The number of hydrogen-bond acceptors (Lipinski definition) is 4. The maximum Gasteiger partial charge on any atom is 0.258 e. The average molecular weight is 351 g/mol. The maximum absolute atomic E-state index is 13.6. The van der Waals surface area contributed by atoms with Crippen molar-refractivity contribution >= 4 is 17.4 Å². The molecule has 5 nitrogen and oxygen atoms in total. The van der Waals surface area contributed by atoms with Crippen LogP contribution >= 0.6 is 0 Å². The number of pyridine rings is 1. The number of carbonyl (C=O) groups excluding carboxylic acids is 1. The number of ether oxygens (including phenoxy) is 1. The lowest BCUT2D eigenvalue weighted by molar-refractivity contribution is 0.102. The third-order valence-corrected chi connectivity index (χ3v) is 3.77. The summed E-state index contributed by atoms with van der Waals surface area (Å²) in [7, 11) is 1.63. The lowest BCUT2D eigenvalue weighted by Crippen LogP contribution is -2.13. The fraction of sp³-hybridized carbons (Fsp3) is 0.100. The molecule has 0 unspecified atom stereocenters. The van der Waals surface area contributed by atoms with E-state index in [2.05, 4.69) is 15.6 Å². The van der Waals surface area contributed by atoms with Crippen LogP contribution in [0.2, 0.25) is 0 Å². The van der Waals surface area contributed by atoms with Crippen molar-refractivity contribution in [3.63, 3.8) is 0 Å². The Morgan fingerprint density at radius 3 is 2.50 bits per heavy atom. The van der Waals surface area contributed by atoms with Crippen LogP contribution in [0.3, 0.4) is 0 Å². The van der Waals surface area contributed by atoms with Crippen LogP contribution in [0.4, 0.5) is 15.9 Å². The topological polar surface area (TPSA) is 63.2 Å². The van der Waals surface area contributed by atoms with E-state index in [1.807, 2.05) is 24.3 Å². The van der Waals surface area contributed by atoms with Crippen molar-refractivity contribution in [3.8, 4) is 5.75 Å². The molecule has 0 spiro atoms. The SMILES string of the molecule is COc1ccc(CNc2ccc(NC(=O)c3ccccc3F)cn2)cc1. The zero-order chi connectivity index (χ0) is 18.4. The third-order valence-electron chi connectivity index (χ3n) is 3.77. The lowest BCUT2D eigenvalue weighted by Gasteiger charge is -2.09. The number of rotatable bonds is 6. The Morgan fingerprint density at radius 1 is 1.08 bits per heavy atom. The molecule has 0 radical (unpaired) electrons. The lowest BCUT2D eigenvalue weighted by atomic mass is 10.2. The van der Waals surface area contributed by atoms with Gasteiger partial charge in [0.15, 0.2) is 0 Å². The van der Waals surface area contributed by atoms with Crippen LogP contribution in [0.1, 0.15) is 15.9 Å². The molecule has 0 saturated heterocycles. The van der Waals surface area contributed by atoms with Gasteiger partial charge in [0.25, 0.3) is 5.91 Å². The van der Waals surface area contributed by atoms with Crippen molar-refractivity contribution in [2.24, 2.45) is 0 Å². The average Bonchev–Trinajstić information content (AvgIpc) is 2.68. The van der Waals surface area contributed by atoms with Crippen molar-refractivity contribution in [3.05, 3.63) is 83.8 Å². The summed E-state index contributed by atoms with van der Waals surface area (Å²) in [5.41, 5.74) is 1.58. The molecule has 0 saturated carbocycles. The van der Waals surface area contributed by atoms with Crippen molar-refractivity contribution < 1.29 is 13.9 Å². The van der Waals surface area contributed by atoms with Crippen LogP contribution in [0.15, 0.2) is 66.9 Å². The standard InChI is InChI=1S/C20H18FN3O2/c1-26-16-9-6-14(7-10-16)12-22-19-11-8-15(13-23-19)24-20(25)17-4-2-3-5-18(17)21/h2-11,13H,12H2,1H3,(H,22,23)(H,24,25). The highest BCUT2D eigenvalue weighted by Gasteiger charge is 2.11. The van der Waals surface area contributed by atoms with Crippen LogP contribution in [0, 0.1) is 5.82 Å². The second kappa shape index (κ2) is 8.11. The minimum Gasteiger partial charge on any atom is -0.497 e. The van der Waals surface area contributed by atoms with Gasteiger partial charge in [-0.05, 0) is 42.0 Å². The summed E-state index contributed by atoms with van der Waals surface area (Å²) in [4.78, 5) is 16.3. The maximum atomic E-state index is 13.6. The molecule has 0 aliphatic heterocycles. The highest BCUT2D eigenvalue weighted by atomic mass is 19.1. The summed E-state index contributed by atoms with van der Waals surface area (Å²) in [5.74, 6) is 0.408. The fourth-order valence-corrected chi connectivity index (χ4v) is 2.35. The predicted molar refractivity (Wildman–Crippen MR) is 98.9 cm³/mol. The zero-order valence-electron chi connectivity index (χ0n) is 14.2. The van der Waals surface area contributed by atoms with Crippen LogP contribution in [0.5, 0.6) is 5.75 Å². The van der Waals surface area contributed by atoms with Gasteiger partial charge in [-0.15, -0.1) is 0 Å². The molecular weight excluding hydrogens is 333 g/mol. The number of nitrogens with zero attached hydrogens (tertiary/aromatic N) is 1. The van der Waals surface area contributed by atoms with Gasteiger partial charge >= 0.3 is 0 Å². The molecule has 3 aromatic rings. The normalized spacial score (nSPS) is 10.2. The van der Waals surface area contributed by atoms with Gasteiger partial charge in [0.1, 0.15) is 17.4 Å². The van der Waals surface area contributed by atoms with Gasteiger partial charge < -0.3 is 15.4 Å². The zero-order valence-corrected chi connectivity index (χ0v) is 14.2. The van der Waals surface area contributed by atoms with E-state index >= 15 is 0 Å². The molecule has 2 aromatic carbocycles. The van der Waals surface area contributed by atoms with E-state index in [1.165, 1.54) is 24.4 Å². The molecule has 1 amide bonds. The first-order chi connectivity index (χ1) is 12.7. The molecule has 3 rings (SSSR count). The molecule has 1 aromatic heterocycles. The van der Waals surface area contributed by atoms with Gasteiger partial charge in [-0.2, -0.15) is 0 Å². The number of anilines is 2. The van der Waals surface area contributed by atoms with Crippen LogP contribution < -0.4 is 15.4 Å². The van der Waals surface area contributed by atoms with Gasteiger partial charge in [0.05, 0.1) is 24.6 Å². The molecule has 1 heterocycles. The first kappa shape index (κ1) is 17.4. The van der Waals surface area contributed by atoms with Gasteiger partial charge in [-0.25, -0.2) is 9.37 Å². The second-order valence-corrected chi connectivity index (χ2v) is 5.57. The molecule has 0 aliphatic rings. The van der Waals surface area contributed by atoms with Gasteiger partial charge in [-0.3, -0.25) is 4.79 Å². The summed E-state index contributed by atoms with van der Waals surface area (Å²) >= 11 is 0. The minimum absolute atomic E-state index is 0.00536. The van der Waals surface area contributed by atoms with E-state index in [0.717, 1.165) is 11.3 Å². The quantitative estimate of drug-likeness (QED) is 0.702. The van der Waals surface area contributed by atoms with Crippen molar-refractivity contribution in [1.82, 2.24) is 4.98 Å². The Hall–Kier alpha value is -3.41. The third kappa shape index (κ3) is 4.36. The molecule has 6 heteroatoms. The van der Waals surface area contributed by atoms with E-state index in [-0.39, 0.29) is 5.56 Å². The second-order valence-electron chi connectivity index (χ2n) is 5.57. The Balaban J connectivity index is 1.57. The Labute approximate surface area is 150 Å². The van der Waals surface area contributed by atoms with Gasteiger partial charge in [0.2, 0.25) is 0 Å². The summed E-state index contributed by atoms with van der Waals surface area (Å²) in [6, 6.07) is 17.0. The number of hydrogen-bond donors (Lipinski definition) is 2. The number of aromatic nitrogens is 1. The van der Waals surface area contributed by atoms with E-state index in [1.54, 1.807) is 25.3 Å². The molecular formula is C20H18FN3O2. The van der Waals surface area contributed by atoms with Crippen molar-refractivity contribution in [1.29, 1.82) is 0 Å². The van der Waals surface area contributed by atoms with Gasteiger partial charge in [-0.1, -0.05) is 24.3 Å². The van der Waals surface area contributed by atoms with Gasteiger partial charge in [0, 0.05) is 6.54 Å². The first-order valence-corrected chi connectivity index (χ1v) is 8.04. The van der Waals surface area contributed by atoms with Crippen LogP contribution in [0.25, 0.3) is 0 Å². The van der Waals surface area contributed by atoms with E-state index in [9.17, 15) is 9.18 Å². The number of halogens is 1. The number of amides is 1. The molecule has 2 N–H and O–H groups in total. The van der Waals surface area contributed by atoms with Crippen LogP contribution in [-0.4, -0.2) is 18.0 Å². The number of benzene rings is 2. The number of methoxy groups -OCH3 is 1. The molecule has 0 aliphatic carbocycles. The van der Waals surface area contributed by atoms with E-state index in [4.69, 9.17) is 4.74 Å². The Morgan fingerprint density at radius 2 is 1.85 bits per heavy atom. The molecule has 26 heavy (non-hydrogen) atoms. The highest BCUT2D eigenvalue weighted by Crippen LogP contribution is 2.15. The summed E-state index contributed by atoms with van der Waals surface area (Å²) in [5, 5.41) is 5.82. The predicted octanol–water partition coefficient (Wildman–Crippen LogP) is 4.09. The fourth-order valence-electron chi connectivity index (χ4n) is 2.35. The largest absolute Gasteiger partial charge is 0.497 e. The summed E-state index contributed by atoms with van der Waals surface area (Å²) in [6.45, 7) is 0.609. The van der Waals surface area contributed by atoms with Crippen molar-refractivity contribution in [2.75, 3.05) is 17.7 Å². The van der Waals surface area contributed by atoms with E-state index < -0.39 is 11.7 Å². The molecule has 0 atom stereocenters. The Kier molecular flexibility index (Phi) is 5.43. The first-order valence-electron chi connectivity index (χ1n) is 8.04. The molecule has 132 valence electrons. The highest BCUT2D eigenvalue weighted by molar-refractivity contribution is 6.04. The molecule has 0 fully saturated rings. The summed E-state index contributed by atoms with van der Waals surface area (Å²) < 4.78 is 18.7. The number of carbonyl (C=O) groups is 1. The number of nitrogens with one attached hydrogen (secondary N) is 2.